The number of rotatable bonds is 3. The second-order valence-electron chi connectivity index (χ2n) is 7.03. The Morgan fingerprint density at radius 3 is 2.16 bits per heavy atom. The molecule has 3 rings (SSSR count). The molecule has 7 heteroatoms. The second-order valence-corrected chi connectivity index (χ2v) is 7.03. The van der Waals surface area contributed by atoms with Gasteiger partial charge >= 0.3 is 7.12 Å². The maximum Gasteiger partial charge on any atom is 0.494 e. The van der Waals surface area contributed by atoms with Gasteiger partial charge in [-0.3, -0.25) is 4.79 Å². The van der Waals surface area contributed by atoms with E-state index >= 15 is 0 Å². The van der Waals surface area contributed by atoms with E-state index in [1.807, 2.05) is 27.7 Å². The Bertz CT molecular complexity index is 760. The molecule has 1 fully saturated rings. The summed E-state index contributed by atoms with van der Waals surface area (Å²) in [7, 11) is -0.471. The number of nitrogens with zero attached hydrogens (tertiary/aromatic N) is 1. The summed E-state index contributed by atoms with van der Waals surface area (Å²) in [6, 6.07) is 9.64. The van der Waals surface area contributed by atoms with Crippen molar-refractivity contribution < 1.29 is 18.5 Å². The van der Waals surface area contributed by atoms with Gasteiger partial charge in [0.2, 0.25) is 0 Å². The summed E-state index contributed by atoms with van der Waals surface area (Å²) in [5, 5.41) is 2.62. The van der Waals surface area contributed by atoms with Gasteiger partial charge in [-0.25, -0.2) is 9.37 Å². The van der Waals surface area contributed by atoms with Crippen LogP contribution in [0.3, 0.4) is 0 Å². The predicted molar refractivity (Wildman–Crippen MR) is 94.3 cm³/mol. The molecule has 1 saturated heterocycles. The zero-order valence-electron chi connectivity index (χ0n) is 14.7. The van der Waals surface area contributed by atoms with Gasteiger partial charge in [-0.2, -0.15) is 0 Å². The Balaban J connectivity index is 1.70. The number of halogens is 1. The minimum Gasteiger partial charge on any atom is -0.399 e. The number of benzene rings is 1. The lowest BCUT2D eigenvalue weighted by Crippen LogP contribution is -2.41. The number of hydrogen-bond donors (Lipinski definition) is 1. The van der Waals surface area contributed by atoms with Crippen molar-refractivity contribution in [3.63, 3.8) is 0 Å². The third kappa shape index (κ3) is 3.57. The smallest absolute Gasteiger partial charge is 0.399 e. The molecule has 2 aromatic rings. The molecule has 5 nitrogen and oxygen atoms in total. The van der Waals surface area contributed by atoms with Crippen LogP contribution in [0.1, 0.15) is 38.1 Å². The second kappa shape index (κ2) is 6.24. The molecule has 0 atom stereocenters. The predicted octanol–water partition coefficient (Wildman–Crippen LogP) is 2.77. The van der Waals surface area contributed by atoms with Gasteiger partial charge in [0.25, 0.3) is 5.91 Å². The molecule has 1 N–H and O–H groups in total. The largest absolute Gasteiger partial charge is 0.494 e. The molecule has 1 aromatic carbocycles. The van der Waals surface area contributed by atoms with Crippen molar-refractivity contribution in [1.82, 2.24) is 4.98 Å². The van der Waals surface area contributed by atoms with Crippen LogP contribution in [0.25, 0.3) is 0 Å². The summed E-state index contributed by atoms with van der Waals surface area (Å²) in [6.45, 7) is 7.96. The number of hydrogen-bond acceptors (Lipinski definition) is 4. The molecule has 0 bridgehead atoms. The van der Waals surface area contributed by atoms with E-state index in [0.717, 1.165) is 11.7 Å². The third-order valence-corrected chi connectivity index (χ3v) is 4.67. The van der Waals surface area contributed by atoms with Crippen molar-refractivity contribution in [3.8, 4) is 0 Å². The lowest BCUT2D eigenvalue weighted by molar-refractivity contribution is 0.00578. The van der Waals surface area contributed by atoms with Gasteiger partial charge in [-0.1, -0.05) is 12.1 Å². The van der Waals surface area contributed by atoms with Crippen molar-refractivity contribution in [3.05, 3.63) is 54.0 Å². The fourth-order valence-corrected chi connectivity index (χ4v) is 2.41. The first-order chi connectivity index (χ1) is 11.7. The molecule has 25 heavy (non-hydrogen) atoms. The number of carbonyl (C=O) groups excluding carboxylic acids is 1. The Kier molecular flexibility index (Phi) is 4.39. The van der Waals surface area contributed by atoms with Gasteiger partial charge in [-0.15, -0.1) is 0 Å². The van der Waals surface area contributed by atoms with Crippen LogP contribution in [-0.4, -0.2) is 29.2 Å². The minimum atomic E-state index is -0.471. The number of amides is 1. The van der Waals surface area contributed by atoms with Crippen LogP contribution < -0.4 is 10.8 Å². The van der Waals surface area contributed by atoms with E-state index in [1.54, 1.807) is 24.3 Å². The van der Waals surface area contributed by atoms with Crippen molar-refractivity contribution in [1.29, 1.82) is 0 Å². The molecular formula is C18H20BFN2O3. The van der Waals surface area contributed by atoms with Gasteiger partial charge in [0, 0.05) is 5.56 Å². The third-order valence-electron chi connectivity index (χ3n) is 4.67. The first-order valence-corrected chi connectivity index (χ1v) is 8.06. The van der Waals surface area contributed by atoms with Crippen LogP contribution in [0.15, 0.2) is 42.6 Å². The standard InChI is InChI=1S/C18H20BFN2O3/c1-17(2)18(3,4)25-19(24-17)13-7-5-12(6-8-13)16(23)22-15-10-9-14(20)11-21-15/h5-11H,1-4H3,(H,21,22,23). The lowest BCUT2D eigenvalue weighted by atomic mass is 9.79. The fraction of sp³-hybridized carbons (Fsp3) is 0.333. The van der Waals surface area contributed by atoms with Gasteiger partial charge in [0.1, 0.15) is 11.6 Å². The van der Waals surface area contributed by atoms with Crippen molar-refractivity contribution >= 4 is 24.3 Å². The summed E-state index contributed by atoms with van der Waals surface area (Å²) in [4.78, 5) is 16.0. The number of aromatic nitrogens is 1. The summed E-state index contributed by atoms with van der Waals surface area (Å²) in [5.74, 6) is -0.481. The molecular weight excluding hydrogens is 322 g/mol. The molecule has 1 amide bonds. The maximum absolute atomic E-state index is 12.8. The van der Waals surface area contributed by atoms with Crippen LogP contribution in [0.2, 0.25) is 0 Å². The maximum atomic E-state index is 12.8. The summed E-state index contributed by atoms with van der Waals surface area (Å²) < 4.78 is 24.8. The van der Waals surface area contributed by atoms with Crippen LogP contribution in [0.5, 0.6) is 0 Å². The number of carbonyl (C=O) groups is 1. The Hall–Kier alpha value is -2.25. The molecule has 0 spiro atoms. The van der Waals surface area contributed by atoms with E-state index in [1.165, 1.54) is 12.1 Å². The van der Waals surface area contributed by atoms with E-state index in [2.05, 4.69) is 10.3 Å². The highest BCUT2D eigenvalue weighted by atomic mass is 19.1. The summed E-state index contributed by atoms with van der Waals surface area (Å²) >= 11 is 0. The normalized spacial score (nSPS) is 18.2. The average molecular weight is 342 g/mol. The monoisotopic (exact) mass is 342 g/mol. The quantitative estimate of drug-likeness (QED) is 0.872. The number of pyridine rings is 1. The zero-order chi connectivity index (χ0) is 18.2. The number of anilines is 1. The van der Waals surface area contributed by atoms with E-state index in [9.17, 15) is 9.18 Å². The van der Waals surface area contributed by atoms with Gasteiger partial charge < -0.3 is 14.6 Å². The Labute approximate surface area is 146 Å². The Morgan fingerprint density at radius 2 is 1.64 bits per heavy atom. The number of nitrogens with one attached hydrogen (secondary N) is 1. The minimum absolute atomic E-state index is 0.293. The van der Waals surface area contributed by atoms with Crippen LogP contribution in [-0.2, 0) is 9.31 Å². The van der Waals surface area contributed by atoms with Gasteiger partial charge in [0.05, 0.1) is 17.4 Å². The van der Waals surface area contributed by atoms with Crippen LogP contribution >= 0.6 is 0 Å². The molecule has 1 aliphatic heterocycles. The zero-order valence-corrected chi connectivity index (χ0v) is 14.7. The van der Waals surface area contributed by atoms with Crippen LogP contribution in [0, 0.1) is 5.82 Å². The molecule has 0 saturated carbocycles. The van der Waals surface area contributed by atoms with Crippen molar-refractivity contribution in [2.24, 2.45) is 0 Å². The summed E-state index contributed by atoms with van der Waals surface area (Å²) in [6.07, 6.45) is 1.05. The van der Waals surface area contributed by atoms with Crippen LogP contribution in [0.4, 0.5) is 10.2 Å². The van der Waals surface area contributed by atoms with E-state index in [-0.39, 0.29) is 5.91 Å². The average Bonchev–Trinajstić information content (AvgIpc) is 2.78. The van der Waals surface area contributed by atoms with E-state index in [0.29, 0.717) is 11.4 Å². The lowest BCUT2D eigenvalue weighted by Gasteiger charge is -2.32. The summed E-state index contributed by atoms with van der Waals surface area (Å²) in [5.41, 5.74) is 0.478. The fourth-order valence-electron chi connectivity index (χ4n) is 2.41. The van der Waals surface area contributed by atoms with Gasteiger partial charge in [0.15, 0.2) is 0 Å². The Morgan fingerprint density at radius 1 is 1.04 bits per heavy atom. The molecule has 0 unspecified atom stereocenters. The van der Waals surface area contributed by atoms with E-state index < -0.39 is 24.1 Å². The molecule has 0 aliphatic carbocycles. The molecule has 0 radical (unpaired) electrons. The van der Waals surface area contributed by atoms with Crippen molar-refractivity contribution in [2.75, 3.05) is 5.32 Å². The van der Waals surface area contributed by atoms with E-state index in [4.69, 9.17) is 9.31 Å². The van der Waals surface area contributed by atoms with Gasteiger partial charge in [-0.05, 0) is 57.4 Å². The SMILES string of the molecule is CC1(C)OB(c2ccc(C(=O)Nc3ccc(F)cn3)cc2)OC1(C)C. The molecule has 1 aromatic heterocycles. The highest BCUT2D eigenvalue weighted by Crippen LogP contribution is 2.36. The molecule has 130 valence electrons. The first-order valence-electron chi connectivity index (χ1n) is 8.06. The van der Waals surface area contributed by atoms with Crippen molar-refractivity contribution in [2.45, 2.75) is 38.9 Å². The molecule has 1 aliphatic rings. The molecule has 2 heterocycles. The topological polar surface area (TPSA) is 60.5 Å². The highest BCUT2D eigenvalue weighted by Gasteiger charge is 2.51. The first kappa shape index (κ1) is 17.6. The highest BCUT2D eigenvalue weighted by molar-refractivity contribution is 6.62.